The van der Waals surface area contributed by atoms with Crippen LogP contribution in [0.2, 0.25) is 0 Å². The molecule has 114 valence electrons. The van der Waals surface area contributed by atoms with Crippen molar-refractivity contribution >= 4 is 11.8 Å². The summed E-state index contributed by atoms with van der Waals surface area (Å²) in [5.41, 5.74) is 0. The average Bonchev–Trinajstić information content (AvgIpc) is 3.13. The maximum Gasteiger partial charge on any atom is 0.247 e. The van der Waals surface area contributed by atoms with Gasteiger partial charge in [-0.3, -0.25) is 19.8 Å². The molecule has 2 fully saturated rings. The van der Waals surface area contributed by atoms with Gasteiger partial charge in [0, 0.05) is 6.04 Å². The van der Waals surface area contributed by atoms with Gasteiger partial charge in [0.05, 0.1) is 18.5 Å². The van der Waals surface area contributed by atoms with Gasteiger partial charge < -0.3 is 4.42 Å². The number of rotatable bonds is 4. The minimum absolute atomic E-state index is 0.0350. The zero-order valence-electron chi connectivity index (χ0n) is 12.6. The molecule has 5 heteroatoms. The third kappa shape index (κ3) is 2.75. The Hall–Kier alpha value is -1.62. The summed E-state index contributed by atoms with van der Waals surface area (Å²) in [4.78, 5) is 26.1. The number of carbonyl (C=O) groups excluding carboxylic acids is 2. The molecule has 1 aliphatic heterocycles. The van der Waals surface area contributed by atoms with Crippen LogP contribution in [-0.2, 0) is 9.59 Å². The lowest BCUT2D eigenvalue weighted by Crippen LogP contribution is -2.43. The molecule has 2 atom stereocenters. The Kier molecular flexibility index (Phi) is 3.85. The molecule has 2 heterocycles. The molecule has 1 saturated carbocycles. The summed E-state index contributed by atoms with van der Waals surface area (Å²) in [5.74, 6) is 1.54. The molecule has 2 unspecified atom stereocenters. The van der Waals surface area contributed by atoms with Crippen LogP contribution in [0, 0.1) is 6.92 Å². The number of nitrogens with one attached hydrogen (secondary N) is 1. The zero-order valence-corrected chi connectivity index (χ0v) is 12.6. The molecule has 3 rings (SSSR count). The largest absolute Gasteiger partial charge is 0.465 e. The molecule has 1 aromatic rings. The van der Waals surface area contributed by atoms with Crippen LogP contribution in [0.25, 0.3) is 0 Å². The van der Waals surface area contributed by atoms with E-state index < -0.39 is 6.04 Å². The van der Waals surface area contributed by atoms with E-state index in [-0.39, 0.29) is 30.3 Å². The summed E-state index contributed by atoms with van der Waals surface area (Å²) < 4.78 is 5.57. The molecule has 1 aromatic heterocycles. The molecule has 1 aliphatic carbocycles. The molecule has 2 aliphatic rings. The van der Waals surface area contributed by atoms with E-state index in [1.807, 2.05) is 26.0 Å². The van der Waals surface area contributed by atoms with E-state index in [2.05, 4.69) is 5.32 Å². The van der Waals surface area contributed by atoms with Gasteiger partial charge >= 0.3 is 0 Å². The summed E-state index contributed by atoms with van der Waals surface area (Å²) in [7, 11) is 0. The summed E-state index contributed by atoms with van der Waals surface area (Å²) in [5, 5.41) is 3.24. The third-order valence-electron chi connectivity index (χ3n) is 4.51. The van der Waals surface area contributed by atoms with Gasteiger partial charge in [-0.05, 0) is 38.8 Å². The SMILES string of the molecule is Cc1ccc(C(C)NC2CC(=O)N(C3CCCC3)C2=O)o1. The van der Waals surface area contributed by atoms with Crippen molar-refractivity contribution in [2.75, 3.05) is 0 Å². The maximum absolute atomic E-state index is 12.5. The Labute approximate surface area is 124 Å². The van der Waals surface area contributed by atoms with Gasteiger partial charge in [0.2, 0.25) is 11.8 Å². The first-order valence-corrected chi connectivity index (χ1v) is 7.74. The standard InChI is InChI=1S/C16H22N2O3/c1-10-7-8-14(21-10)11(2)17-13-9-15(19)18(16(13)20)12-5-3-4-6-12/h7-8,11-13,17H,3-6,9H2,1-2H3. The van der Waals surface area contributed by atoms with Crippen LogP contribution < -0.4 is 5.32 Å². The van der Waals surface area contributed by atoms with Gasteiger partial charge in [-0.25, -0.2) is 0 Å². The smallest absolute Gasteiger partial charge is 0.247 e. The highest BCUT2D eigenvalue weighted by Crippen LogP contribution is 2.29. The topological polar surface area (TPSA) is 62.6 Å². The van der Waals surface area contributed by atoms with E-state index in [4.69, 9.17) is 4.42 Å². The first-order valence-electron chi connectivity index (χ1n) is 7.74. The van der Waals surface area contributed by atoms with Gasteiger partial charge in [-0.1, -0.05) is 12.8 Å². The normalized spacial score (nSPS) is 25.0. The van der Waals surface area contributed by atoms with Crippen LogP contribution in [0.5, 0.6) is 0 Å². The lowest BCUT2D eigenvalue weighted by atomic mass is 10.2. The summed E-state index contributed by atoms with van der Waals surface area (Å²) in [6.07, 6.45) is 4.40. The number of carbonyl (C=O) groups is 2. The predicted molar refractivity (Wildman–Crippen MR) is 77.5 cm³/mol. The van der Waals surface area contributed by atoms with Crippen molar-refractivity contribution in [2.45, 2.75) is 64.1 Å². The van der Waals surface area contributed by atoms with Crippen LogP contribution in [0.4, 0.5) is 0 Å². The summed E-state index contributed by atoms with van der Waals surface area (Å²) >= 11 is 0. The quantitative estimate of drug-likeness (QED) is 0.864. The molecular weight excluding hydrogens is 268 g/mol. The molecular formula is C16H22N2O3. The van der Waals surface area contributed by atoms with Crippen LogP contribution >= 0.6 is 0 Å². The fourth-order valence-corrected chi connectivity index (χ4v) is 3.40. The second-order valence-corrected chi connectivity index (χ2v) is 6.13. The molecule has 1 N–H and O–H groups in total. The van der Waals surface area contributed by atoms with Crippen LogP contribution in [0.15, 0.2) is 16.5 Å². The van der Waals surface area contributed by atoms with Crippen molar-refractivity contribution < 1.29 is 14.0 Å². The minimum Gasteiger partial charge on any atom is -0.465 e. The number of furan rings is 1. The van der Waals surface area contributed by atoms with Crippen LogP contribution in [0.3, 0.4) is 0 Å². The predicted octanol–water partition coefficient (Wildman–Crippen LogP) is 2.31. The van der Waals surface area contributed by atoms with Crippen molar-refractivity contribution in [2.24, 2.45) is 0 Å². The van der Waals surface area contributed by atoms with Gasteiger partial charge in [-0.2, -0.15) is 0 Å². The van der Waals surface area contributed by atoms with Crippen molar-refractivity contribution in [3.05, 3.63) is 23.7 Å². The van der Waals surface area contributed by atoms with E-state index >= 15 is 0 Å². The van der Waals surface area contributed by atoms with E-state index in [1.165, 1.54) is 4.90 Å². The Bertz CT molecular complexity index is 545. The van der Waals surface area contributed by atoms with Crippen molar-refractivity contribution in [1.29, 1.82) is 0 Å². The Balaban J connectivity index is 1.66. The maximum atomic E-state index is 12.5. The highest BCUT2D eigenvalue weighted by molar-refractivity contribution is 6.05. The number of aryl methyl sites for hydroxylation is 1. The van der Waals surface area contributed by atoms with E-state index in [9.17, 15) is 9.59 Å². The van der Waals surface area contributed by atoms with E-state index in [0.717, 1.165) is 37.2 Å². The van der Waals surface area contributed by atoms with E-state index in [1.54, 1.807) is 0 Å². The number of hydrogen-bond donors (Lipinski definition) is 1. The van der Waals surface area contributed by atoms with Crippen LogP contribution in [-0.4, -0.2) is 28.8 Å². The van der Waals surface area contributed by atoms with Crippen LogP contribution in [0.1, 0.15) is 56.6 Å². The monoisotopic (exact) mass is 290 g/mol. The first-order chi connectivity index (χ1) is 10.1. The first kappa shape index (κ1) is 14.3. The Morgan fingerprint density at radius 3 is 2.62 bits per heavy atom. The summed E-state index contributed by atoms with van der Waals surface area (Å²) in [6, 6.07) is 3.43. The highest BCUT2D eigenvalue weighted by Gasteiger charge is 2.43. The third-order valence-corrected chi connectivity index (χ3v) is 4.51. The number of likely N-dealkylation sites (tertiary alicyclic amines) is 1. The lowest BCUT2D eigenvalue weighted by molar-refractivity contribution is -0.141. The molecule has 0 spiro atoms. The Morgan fingerprint density at radius 2 is 2.00 bits per heavy atom. The average molecular weight is 290 g/mol. The number of nitrogens with zero attached hydrogens (tertiary/aromatic N) is 1. The van der Waals surface area contributed by atoms with Gasteiger partial charge in [0.15, 0.2) is 0 Å². The van der Waals surface area contributed by atoms with E-state index in [0.29, 0.717) is 0 Å². The Morgan fingerprint density at radius 1 is 1.29 bits per heavy atom. The molecule has 1 saturated heterocycles. The van der Waals surface area contributed by atoms with Crippen molar-refractivity contribution in [3.8, 4) is 0 Å². The van der Waals surface area contributed by atoms with Gasteiger partial charge in [0.25, 0.3) is 0 Å². The zero-order chi connectivity index (χ0) is 15.0. The molecule has 0 aromatic carbocycles. The highest BCUT2D eigenvalue weighted by atomic mass is 16.3. The second-order valence-electron chi connectivity index (χ2n) is 6.13. The second kappa shape index (κ2) is 5.64. The fraction of sp³-hybridized carbons (Fsp3) is 0.625. The molecule has 21 heavy (non-hydrogen) atoms. The molecule has 0 bridgehead atoms. The fourth-order valence-electron chi connectivity index (χ4n) is 3.40. The molecule has 0 radical (unpaired) electrons. The van der Waals surface area contributed by atoms with Gasteiger partial charge in [-0.15, -0.1) is 0 Å². The molecule has 2 amide bonds. The number of imide groups is 1. The number of amides is 2. The lowest BCUT2D eigenvalue weighted by Gasteiger charge is -2.23. The molecule has 5 nitrogen and oxygen atoms in total. The summed E-state index contributed by atoms with van der Waals surface area (Å²) in [6.45, 7) is 3.84. The van der Waals surface area contributed by atoms with Crippen molar-refractivity contribution in [1.82, 2.24) is 10.2 Å². The number of hydrogen-bond acceptors (Lipinski definition) is 4. The van der Waals surface area contributed by atoms with Gasteiger partial charge in [0.1, 0.15) is 11.5 Å². The minimum atomic E-state index is -0.418. The van der Waals surface area contributed by atoms with Crippen molar-refractivity contribution in [3.63, 3.8) is 0 Å².